The number of carboxylic acids is 1. The molecule has 1 unspecified atom stereocenters. The first kappa shape index (κ1) is 13.8. The van der Waals surface area contributed by atoms with E-state index in [1.54, 1.807) is 6.92 Å². The van der Waals surface area contributed by atoms with Crippen LogP contribution in [0.5, 0.6) is 0 Å². The Balaban J connectivity index is 2.39. The minimum absolute atomic E-state index is 0.668. The first-order chi connectivity index (χ1) is 7.58. The van der Waals surface area contributed by atoms with Crippen LogP contribution >= 0.6 is 11.8 Å². The molecule has 0 bridgehead atoms. The number of hydrogen-bond donors (Lipinski definition) is 2. The van der Waals surface area contributed by atoms with Crippen LogP contribution in [0.4, 0.5) is 0 Å². The van der Waals surface area contributed by atoms with E-state index in [4.69, 9.17) is 0 Å². The van der Waals surface area contributed by atoms with Crippen molar-refractivity contribution < 1.29 is 9.90 Å². The molecule has 94 valence electrons. The van der Waals surface area contributed by atoms with Crippen molar-refractivity contribution in [2.75, 3.05) is 12.3 Å². The molecule has 0 aliphatic heterocycles. The highest BCUT2D eigenvalue weighted by Gasteiger charge is 2.33. The van der Waals surface area contributed by atoms with E-state index in [1.807, 2.05) is 18.7 Å². The highest BCUT2D eigenvalue weighted by atomic mass is 32.2. The van der Waals surface area contributed by atoms with Crippen LogP contribution < -0.4 is 5.32 Å². The molecule has 0 heterocycles. The average Bonchev–Trinajstić information content (AvgIpc) is 2.28. The average molecular weight is 245 g/mol. The molecule has 0 amide bonds. The zero-order chi connectivity index (χ0) is 12.0. The van der Waals surface area contributed by atoms with Crippen molar-refractivity contribution in [3.05, 3.63) is 0 Å². The van der Waals surface area contributed by atoms with Gasteiger partial charge in [0.15, 0.2) is 0 Å². The maximum absolute atomic E-state index is 11.2. The van der Waals surface area contributed by atoms with Crippen LogP contribution in [0.3, 0.4) is 0 Å². The van der Waals surface area contributed by atoms with E-state index in [-0.39, 0.29) is 0 Å². The van der Waals surface area contributed by atoms with E-state index in [0.29, 0.717) is 17.5 Å². The van der Waals surface area contributed by atoms with Crippen molar-refractivity contribution in [1.29, 1.82) is 0 Å². The third-order valence-electron chi connectivity index (χ3n) is 3.20. The van der Waals surface area contributed by atoms with Gasteiger partial charge in [0.05, 0.1) is 0 Å². The van der Waals surface area contributed by atoms with Gasteiger partial charge in [-0.25, -0.2) is 0 Å². The summed E-state index contributed by atoms with van der Waals surface area (Å²) in [6.45, 7) is 4.44. The molecule has 16 heavy (non-hydrogen) atoms. The highest BCUT2D eigenvalue weighted by Crippen LogP contribution is 2.30. The van der Waals surface area contributed by atoms with Crippen LogP contribution in [-0.2, 0) is 4.79 Å². The maximum atomic E-state index is 11.2. The van der Waals surface area contributed by atoms with Crippen molar-refractivity contribution in [3.63, 3.8) is 0 Å². The Morgan fingerprint density at radius 3 is 2.56 bits per heavy atom. The number of likely N-dealkylation sites (N-methyl/N-ethyl adjacent to an activating group) is 1. The number of hydrogen-bond acceptors (Lipinski definition) is 3. The normalized spacial score (nSPS) is 21.6. The van der Waals surface area contributed by atoms with Crippen LogP contribution in [-0.4, -0.2) is 34.2 Å². The summed E-state index contributed by atoms with van der Waals surface area (Å²) < 4.78 is 0. The summed E-state index contributed by atoms with van der Waals surface area (Å²) >= 11 is 1.83. The summed E-state index contributed by atoms with van der Waals surface area (Å²) in [5.74, 6) is -0.0708. The summed E-state index contributed by atoms with van der Waals surface area (Å²) in [6, 6.07) is 0. The van der Waals surface area contributed by atoms with Crippen LogP contribution in [0.2, 0.25) is 0 Å². The SMILES string of the molecule is CCNC(C)(CSC1CCCCC1)C(=O)O. The minimum Gasteiger partial charge on any atom is -0.480 e. The van der Waals surface area contributed by atoms with Gasteiger partial charge in [0, 0.05) is 11.0 Å². The first-order valence-electron chi connectivity index (χ1n) is 6.18. The Labute approximate surface area is 102 Å². The monoisotopic (exact) mass is 245 g/mol. The van der Waals surface area contributed by atoms with Crippen molar-refractivity contribution >= 4 is 17.7 Å². The minimum atomic E-state index is -0.767. The van der Waals surface area contributed by atoms with E-state index in [0.717, 1.165) is 0 Å². The quantitative estimate of drug-likeness (QED) is 0.755. The lowest BCUT2D eigenvalue weighted by molar-refractivity contribution is -0.143. The van der Waals surface area contributed by atoms with Crippen LogP contribution in [0.15, 0.2) is 0 Å². The molecule has 0 aromatic carbocycles. The zero-order valence-corrected chi connectivity index (χ0v) is 11.1. The fraction of sp³-hybridized carbons (Fsp3) is 0.917. The fourth-order valence-corrected chi connectivity index (χ4v) is 3.56. The van der Waals surface area contributed by atoms with Gasteiger partial charge in [0.2, 0.25) is 0 Å². The second-order valence-corrected chi connectivity index (χ2v) is 6.03. The topological polar surface area (TPSA) is 49.3 Å². The molecular weight excluding hydrogens is 222 g/mol. The zero-order valence-electron chi connectivity index (χ0n) is 10.3. The Hall–Kier alpha value is -0.220. The van der Waals surface area contributed by atoms with E-state index in [1.165, 1.54) is 32.1 Å². The van der Waals surface area contributed by atoms with E-state index < -0.39 is 11.5 Å². The summed E-state index contributed by atoms with van der Waals surface area (Å²) in [5.41, 5.74) is -0.767. The second kappa shape index (κ2) is 6.50. The van der Waals surface area contributed by atoms with Gasteiger partial charge >= 0.3 is 5.97 Å². The van der Waals surface area contributed by atoms with E-state index in [2.05, 4.69) is 5.32 Å². The van der Waals surface area contributed by atoms with Gasteiger partial charge in [-0.05, 0) is 26.3 Å². The smallest absolute Gasteiger partial charge is 0.324 e. The Morgan fingerprint density at radius 1 is 1.44 bits per heavy atom. The van der Waals surface area contributed by atoms with Gasteiger partial charge in [-0.15, -0.1) is 0 Å². The largest absolute Gasteiger partial charge is 0.480 e. The number of thioether (sulfide) groups is 1. The number of carbonyl (C=O) groups is 1. The lowest BCUT2D eigenvalue weighted by atomic mass is 10.0. The molecule has 1 atom stereocenters. The molecule has 0 radical (unpaired) electrons. The lowest BCUT2D eigenvalue weighted by Crippen LogP contribution is -2.51. The number of carboxylic acid groups (broad SMARTS) is 1. The van der Waals surface area contributed by atoms with Gasteiger partial charge in [-0.2, -0.15) is 11.8 Å². The van der Waals surface area contributed by atoms with Crippen LogP contribution in [0.1, 0.15) is 46.0 Å². The van der Waals surface area contributed by atoms with Crippen molar-refractivity contribution in [1.82, 2.24) is 5.32 Å². The predicted molar refractivity (Wildman–Crippen MR) is 69.0 cm³/mol. The second-order valence-electron chi connectivity index (χ2n) is 4.74. The molecule has 1 fully saturated rings. The Bertz CT molecular complexity index is 229. The summed E-state index contributed by atoms with van der Waals surface area (Å²) in [6.07, 6.45) is 6.48. The van der Waals surface area contributed by atoms with Crippen molar-refractivity contribution in [2.45, 2.75) is 56.7 Å². The molecule has 0 aromatic heterocycles. The molecule has 0 spiro atoms. The molecule has 1 aliphatic carbocycles. The van der Waals surface area contributed by atoms with Crippen LogP contribution in [0, 0.1) is 0 Å². The van der Waals surface area contributed by atoms with Crippen molar-refractivity contribution in [2.24, 2.45) is 0 Å². The summed E-state index contributed by atoms with van der Waals surface area (Å²) in [5, 5.41) is 13.0. The standard InChI is InChI=1S/C12H23NO2S/c1-3-13-12(2,11(14)15)9-16-10-7-5-4-6-8-10/h10,13H,3-9H2,1-2H3,(H,14,15). The molecule has 1 rings (SSSR count). The summed E-state index contributed by atoms with van der Waals surface area (Å²) in [7, 11) is 0. The number of rotatable bonds is 6. The summed E-state index contributed by atoms with van der Waals surface area (Å²) in [4.78, 5) is 11.2. The van der Waals surface area contributed by atoms with Gasteiger partial charge in [-0.3, -0.25) is 4.79 Å². The molecule has 1 aliphatic rings. The van der Waals surface area contributed by atoms with Gasteiger partial charge in [0.1, 0.15) is 5.54 Å². The third kappa shape index (κ3) is 3.98. The number of aliphatic carboxylic acids is 1. The van der Waals surface area contributed by atoms with E-state index in [9.17, 15) is 9.90 Å². The maximum Gasteiger partial charge on any atom is 0.324 e. The van der Waals surface area contributed by atoms with Crippen LogP contribution in [0.25, 0.3) is 0 Å². The molecule has 4 heteroatoms. The Kier molecular flexibility index (Phi) is 5.62. The fourth-order valence-electron chi connectivity index (χ4n) is 2.09. The first-order valence-corrected chi connectivity index (χ1v) is 7.23. The molecule has 3 nitrogen and oxygen atoms in total. The number of nitrogens with one attached hydrogen (secondary N) is 1. The Morgan fingerprint density at radius 2 is 2.06 bits per heavy atom. The predicted octanol–water partition coefficient (Wildman–Crippen LogP) is 2.51. The third-order valence-corrected chi connectivity index (χ3v) is 4.89. The van der Waals surface area contributed by atoms with Gasteiger partial charge in [-0.1, -0.05) is 26.2 Å². The molecule has 0 saturated heterocycles. The molecule has 2 N–H and O–H groups in total. The van der Waals surface area contributed by atoms with E-state index >= 15 is 0 Å². The van der Waals surface area contributed by atoms with Gasteiger partial charge < -0.3 is 10.4 Å². The lowest BCUT2D eigenvalue weighted by Gasteiger charge is -2.29. The van der Waals surface area contributed by atoms with Gasteiger partial charge in [0.25, 0.3) is 0 Å². The van der Waals surface area contributed by atoms with Crippen molar-refractivity contribution in [3.8, 4) is 0 Å². The highest BCUT2D eigenvalue weighted by molar-refractivity contribution is 8.00. The molecular formula is C12H23NO2S. The molecule has 0 aromatic rings. The molecule has 1 saturated carbocycles.